The Labute approximate surface area is 121 Å². The van der Waals surface area contributed by atoms with Crippen molar-refractivity contribution in [3.8, 4) is 0 Å². The molecule has 1 amide bonds. The van der Waals surface area contributed by atoms with Gasteiger partial charge < -0.3 is 10.4 Å². The van der Waals surface area contributed by atoms with Crippen molar-refractivity contribution in [1.82, 2.24) is 5.32 Å². The molecule has 5 aliphatic rings. The lowest BCUT2D eigenvalue weighted by Gasteiger charge is -2.60. The quantitative estimate of drug-likeness (QED) is 0.833. The Balaban J connectivity index is 1.48. The maximum atomic E-state index is 12.8. The van der Waals surface area contributed by atoms with Gasteiger partial charge in [-0.15, -0.1) is 0 Å². The van der Waals surface area contributed by atoms with Gasteiger partial charge in [0, 0.05) is 6.54 Å². The maximum absolute atomic E-state index is 12.8. The lowest BCUT2D eigenvalue weighted by atomic mass is 9.44. The number of rotatable bonds is 3. The van der Waals surface area contributed by atoms with E-state index in [1.165, 1.54) is 19.3 Å². The van der Waals surface area contributed by atoms with Crippen LogP contribution in [0.4, 0.5) is 0 Å². The summed E-state index contributed by atoms with van der Waals surface area (Å²) >= 11 is 0. The van der Waals surface area contributed by atoms with Gasteiger partial charge in [-0.1, -0.05) is 6.92 Å². The Morgan fingerprint density at radius 2 is 1.85 bits per heavy atom. The second-order valence-electron chi connectivity index (χ2n) is 8.81. The van der Waals surface area contributed by atoms with Crippen LogP contribution < -0.4 is 5.32 Å². The molecular weight excluding hydrogens is 250 g/mol. The average Bonchev–Trinajstić information content (AvgIpc) is 2.30. The molecule has 2 N–H and O–H groups in total. The molecule has 5 saturated carbocycles. The minimum Gasteiger partial charge on any atom is -0.388 e. The topological polar surface area (TPSA) is 49.3 Å². The molecule has 0 spiro atoms. The van der Waals surface area contributed by atoms with Gasteiger partial charge in [-0.2, -0.15) is 0 Å². The maximum Gasteiger partial charge on any atom is 0.226 e. The fourth-order valence-electron chi connectivity index (χ4n) is 6.18. The Bertz CT molecular complexity index is 426. The first kappa shape index (κ1) is 13.1. The first-order chi connectivity index (χ1) is 9.41. The van der Waals surface area contributed by atoms with E-state index in [0.717, 1.165) is 50.4 Å². The van der Waals surface area contributed by atoms with Crippen LogP contribution in [0, 0.1) is 22.7 Å². The van der Waals surface area contributed by atoms with Crippen LogP contribution in [0.15, 0.2) is 0 Å². The summed E-state index contributed by atoms with van der Waals surface area (Å²) in [6.45, 7) is 2.87. The number of aliphatic hydroxyl groups is 1. The lowest BCUT2D eigenvalue weighted by Crippen LogP contribution is -2.58. The van der Waals surface area contributed by atoms with E-state index in [0.29, 0.717) is 12.0 Å². The molecule has 0 heterocycles. The van der Waals surface area contributed by atoms with Crippen molar-refractivity contribution < 1.29 is 9.90 Å². The summed E-state index contributed by atoms with van der Waals surface area (Å²) in [6.07, 6.45) is 10.1. The molecule has 0 radical (unpaired) electrons. The summed E-state index contributed by atoms with van der Waals surface area (Å²) in [5, 5.41) is 13.3. The van der Waals surface area contributed by atoms with Gasteiger partial charge >= 0.3 is 0 Å². The highest BCUT2D eigenvalue weighted by Gasteiger charge is 2.58. The molecule has 0 aliphatic heterocycles. The molecule has 2 unspecified atom stereocenters. The predicted octanol–water partition coefficient (Wildman–Crippen LogP) is 2.62. The standard InChI is InChI=1S/C17H27NO2/c1-15-6-12-5-13(7-15)9-16(8-12,10-15)14(19)18-11-17(20)3-2-4-17/h12-13,20H,2-11H2,1H3,(H,18,19). The third-order valence-corrected chi connectivity index (χ3v) is 6.70. The van der Waals surface area contributed by atoms with E-state index in [1.807, 2.05) is 0 Å². The number of carbonyl (C=O) groups excluding carboxylic acids is 1. The molecule has 5 rings (SSSR count). The zero-order valence-electron chi connectivity index (χ0n) is 12.6. The van der Waals surface area contributed by atoms with Crippen molar-refractivity contribution in [2.24, 2.45) is 22.7 Å². The van der Waals surface area contributed by atoms with E-state index in [9.17, 15) is 9.90 Å². The van der Waals surface area contributed by atoms with E-state index >= 15 is 0 Å². The van der Waals surface area contributed by atoms with Crippen molar-refractivity contribution in [1.29, 1.82) is 0 Å². The largest absolute Gasteiger partial charge is 0.388 e. The summed E-state index contributed by atoms with van der Waals surface area (Å²) in [5.41, 5.74) is -0.282. The van der Waals surface area contributed by atoms with Crippen LogP contribution in [0.25, 0.3) is 0 Å². The normalized spacial score (nSPS) is 47.9. The predicted molar refractivity (Wildman–Crippen MR) is 77.0 cm³/mol. The number of hydrogen-bond acceptors (Lipinski definition) is 2. The van der Waals surface area contributed by atoms with Crippen LogP contribution in [0.2, 0.25) is 0 Å². The molecular formula is C17H27NO2. The molecule has 5 fully saturated rings. The Morgan fingerprint density at radius 1 is 1.20 bits per heavy atom. The van der Waals surface area contributed by atoms with Gasteiger partial charge in [0.1, 0.15) is 0 Å². The molecule has 0 aromatic carbocycles. The van der Waals surface area contributed by atoms with Crippen LogP contribution in [0.1, 0.15) is 64.7 Å². The molecule has 0 aromatic rings. The van der Waals surface area contributed by atoms with Gasteiger partial charge in [-0.05, 0) is 75.0 Å². The average molecular weight is 277 g/mol. The fourth-order valence-corrected chi connectivity index (χ4v) is 6.18. The van der Waals surface area contributed by atoms with E-state index in [2.05, 4.69) is 12.2 Å². The van der Waals surface area contributed by atoms with Gasteiger partial charge in [0.2, 0.25) is 5.91 Å². The van der Waals surface area contributed by atoms with Crippen molar-refractivity contribution in [3.63, 3.8) is 0 Å². The zero-order chi connectivity index (χ0) is 14.0. The fraction of sp³-hybridized carbons (Fsp3) is 0.941. The minimum absolute atomic E-state index is 0.0983. The molecule has 0 aromatic heterocycles. The van der Waals surface area contributed by atoms with Crippen molar-refractivity contribution in [2.45, 2.75) is 70.3 Å². The van der Waals surface area contributed by atoms with Crippen LogP contribution in [0.5, 0.6) is 0 Å². The number of carbonyl (C=O) groups is 1. The van der Waals surface area contributed by atoms with E-state index in [-0.39, 0.29) is 11.3 Å². The zero-order valence-corrected chi connectivity index (χ0v) is 12.6. The molecule has 112 valence electrons. The highest BCUT2D eigenvalue weighted by molar-refractivity contribution is 5.83. The highest BCUT2D eigenvalue weighted by atomic mass is 16.3. The number of amides is 1. The summed E-state index contributed by atoms with van der Waals surface area (Å²) in [5.74, 6) is 1.80. The second-order valence-corrected chi connectivity index (χ2v) is 8.81. The van der Waals surface area contributed by atoms with E-state index < -0.39 is 5.60 Å². The van der Waals surface area contributed by atoms with Crippen molar-refractivity contribution in [2.75, 3.05) is 6.54 Å². The third-order valence-electron chi connectivity index (χ3n) is 6.70. The highest BCUT2D eigenvalue weighted by Crippen LogP contribution is 2.65. The van der Waals surface area contributed by atoms with Crippen molar-refractivity contribution in [3.05, 3.63) is 0 Å². The van der Waals surface area contributed by atoms with Crippen LogP contribution in [-0.4, -0.2) is 23.2 Å². The van der Waals surface area contributed by atoms with Gasteiger partial charge in [-0.3, -0.25) is 4.79 Å². The summed E-state index contributed by atoms with van der Waals surface area (Å²) in [7, 11) is 0. The Hall–Kier alpha value is -0.570. The summed E-state index contributed by atoms with van der Waals surface area (Å²) in [6, 6.07) is 0. The summed E-state index contributed by atoms with van der Waals surface area (Å²) < 4.78 is 0. The first-order valence-electron chi connectivity index (χ1n) is 8.41. The van der Waals surface area contributed by atoms with Crippen molar-refractivity contribution >= 4 is 5.91 Å². The van der Waals surface area contributed by atoms with Gasteiger partial charge in [0.05, 0.1) is 11.0 Å². The second kappa shape index (κ2) is 4.00. The van der Waals surface area contributed by atoms with Gasteiger partial charge in [-0.25, -0.2) is 0 Å². The lowest BCUT2D eigenvalue weighted by molar-refractivity contribution is -0.157. The third kappa shape index (κ3) is 1.93. The summed E-state index contributed by atoms with van der Waals surface area (Å²) in [4.78, 5) is 12.8. The number of nitrogens with one attached hydrogen (secondary N) is 1. The number of hydrogen-bond donors (Lipinski definition) is 2. The Morgan fingerprint density at radius 3 is 2.35 bits per heavy atom. The monoisotopic (exact) mass is 277 g/mol. The van der Waals surface area contributed by atoms with Crippen LogP contribution >= 0.6 is 0 Å². The van der Waals surface area contributed by atoms with Gasteiger partial charge in [0.25, 0.3) is 0 Å². The van der Waals surface area contributed by atoms with E-state index in [4.69, 9.17) is 0 Å². The molecule has 2 atom stereocenters. The molecule has 5 aliphatic carbocycles. The minimum atomic E-state index is -0.595. The molecule has 4 bridgehead atoms. The van der Waals surface area contributed by atoms with Gasteiger partial charge in [0.15, 0.2) is 0 Å². The van der Waals surface area contributed by atoms with Crippen LogP contribution in [-0.2, 0) is 4.79 Å². The SMILES string of the molecule is CC12CC3CC(C1)CC(C(=O)NCC1(O)CCC1)(C3)C2. The molecule has 20 heavy (non-hydrogen) atoms. The van der Waals surface area contributed by atoms with Crippen LogP contribution in [0.3, 0.4) is 0 Å². The Kier molecular flexibility index (Phi) is 2.62. The molecule has 0 saturated heterocycles. The smallest absolute Gasteiger partial charge is 0.226 e. The molecule has 3 heteroatoms. The first-order valence-corrected chi connectivity index (χ1v) is 8.41. The van der Waals surface area contributed by atoms with E-state index in [1.54, 1.807) is 0 Å². The molecule has 3 nitrogen and oxygen atoms in total.